The quantitative estimate of drug-likeness (QED) is 0.0998. The van der Waals surface area contributed by atoms with Gasteiger partial charge in [0, 0.05) is 0 Å². The van der Waals surface area contributed by atoms with Crippen LogP contribution in [0.4, 0.5) is 0 Å². The highest BCUT2D eigenvalue weighted by Gasteiger charge is 2.23. The van der Waals surface area contributed by atoms with Gasteiger partial charge in [-0.2, -0.15) is 0 Å². The lowest BCUT2D eigenvalue weighted by molar-refractivity contribution is 1.57. The van der Waals surface area contributed by atoms with E-state index in [4.69, 9.17) is 0 Å². The summed E-state index contributed by atoms with van der Waals surface area (Å²) in [5, 5.41) is 27.8. The van der Waals surface area contributed by atoms with Gasteiger partial charge in [0.25, 0.3) is 0 Å². The van der Waals surface area contributed by atoms with E-state index in [1.54, 1.807) is 0 Å². The molecule has 0 saturated heterocycles. The van der Waals surface area contributed by atoms with E-state index in [9.17, 15) is 0 Å². The fourth-order valence-electron chi connectivity index (χ4n) is 17.9. The summed E-state index contributed by atoms with van der Waals surface area (Å²) >= 11 is 0. The van der Waals surface area contributed by atoms with Crippen LogP contribution in [0.3, 0.4) is 0 Å². The smallest absolute Gasteiger partial charge is 0.00199 e. The average Bonchev–Trinajstić information content (AvgIpc) is 0.725. The van der Waals surface area contributed by atoms with E-state index in [2.05, 4.69) is 425 Å². The summed E-state index contributed by atoms with van der Waals surface area (Å²) in [6.45, 7) is 0. The highest BCUT2D eigenvalue weighted by Crippen LogP contribution is 2.50. The van der Waals surface area contributed by atoms with Crippen LogP contribution in [0.15, 0.2) is 425 Å². The average molecular weight is 1390 g/mol. The second-order valence-electron chi connectivity index (χ2n) is 29.3. The van der Waals surface area contributed by atoms with Gasteiger partial charge in [0.15, 0.2) is 0 Å². The van der Waals surface area contributed by atoms with Crippen molar-refractivity contribution in [3.05, 3.63) is 425 Å². The van der Waals surface area contributed by atoms with Gasteiger partial charge in [0.1, 0.15) is 0 Å². The molecule has 0 radical (unpaired) electrons. The van der Waals surface area contributed by atoms with Crippen LogP contribution < -0.4 is 0 Å². The lowest BCUT2D eigenvalue weighted by Crippen LogP contribution is -1.92. The molecule has 0 heterocycles. The van der Waals surface area contributed by atoms with Gasteiger partial charge in [-0.1, -0.05) is 370 Å². The molecule has 0 spiro atoms. The molecule has 0 atom stereocenters. The van der Waals surface area contributed by atoms with Gasteiger partial charge in [0.2, 0.25) is 0 Å². The van der Waals surface area contributed by atoms with Crippen LogP contribution in [0, 0.1) is 0 Å². The number of fused-ring (bicyclic) bond motifs is 13. The standard InChI is InChI=1S/C56H36.C54H34/c1-3-15-37(16-4-1)44-33-45(38-17-5-2-6-18-38)35-46(34-44)40-29-27-39-28-30-42(32-43(39)31-40)55-50-23-11-13-25-52(50)56(53-26-14-12-24-51(53)55)54-36-41-19-7-8-20-47(41)48-21-9-10-22-49(48)54;1-3-15-43-37(12-1)14-11-23-44(43)38-28-24-35(25-29-38)39-30-26-36-27-31-41(33-42(36)32-39)53-48-19-7-9-21-50(48)54(51-22-10-8-20-49(51)53)52-34-40-13-2-4-16-45(40)46-17-5-6-18-47(46)52/h1-36H;1-34H. The Morgan fingerprint density at radius 3 is 0.782 bits per heavy atom. The van der Waals surface area contributed by atoms with Crippen LogP contribution in [-0.4, -0.2) is 0 Å². The van der Waals surface area contributed by atoms with E-state index < -0.39 is 0 Å². The molecule has 0 saturated carbocycles. The Bertz CT molecular complexity index is 7250. The summed E-state index contributed by atoms with van der Waals surface area (Å²) < 4.78 is 0. The third-order valence-corrected chi connectivity index (χ3v) is 23.0. The van der Waals surface area contributed by atoms with Crippen LogP contribution >= 0.6 is 0 Å². The van der Waals surface area contributed by atoms with Gasteiger partial charge in [-0.25, -0.2) is 0 Å². The van der Waals surface area contributed by atoms with Crippen molar-refractivity contribution in [3.8, 4) is 100 Å². The first-order chi connectivity index (χ1) is 54.5. The molecular weight excluding hydrogens is 1320 g/mol. The van der Waals surface area contributed by atoms with Crippen molar-refractivity contribution in [2.45, 2.75) is 0 Å². The highest BCUT2D eigenvalue weighted by molar-refractivity contribution is 6.28. The Kier molecular flexibility index (Phi) is 15.7. The van der Waals surface area contributed by atoms with Crippen LogP contribution in [0.5, 0.6) is 0 Å². The molecule has 0 amide bonds. The van der Waals surface area contributed by atoms with Gasteiger partial charge in [-0.05, 0) is 273 Å². The fraction of sp³-hybridized carbons (Fsp3) is 0. The Balaban J connectivity index is 0.000000140. The van der Waals surface area contributed by atoms with E-state index in [-0.39, 0.29) is 0 Å². The predicted octanol–water partition coefficient (Wildman–Crippen LogP) is 31.1. The van der Waals surface area contributed by atoms with Crippen molar-refractivity contribution >= 4 is 118 Å². The Hall–Kier alpha value is -14.3. The molecule has 110 heavy (non-hydrogen) atoms. The maximum absolute atomic E-state index is 2.40. The summed E-state index contributed by atoms with van der Waals surface area (Å²) in [5.74, 6) is 0. The summed E-state index contributed by atoms with van der Waals surface area (Å²) in [7, 11) is 0. The van der Waals surface area contributed by atoms with Crippen molar-refractivity contribution in [3.63, 3.8) is 0 Å². The van der Waals surface area contributed by atoms with Crippen molar-refractivity contribution in [2.75, 3.05) is 0 Å². The molecule has 0 fully saturated rings. The normalized spacial score (nSPS) is 11.6. The zero-order chi connectivity index (χ0) is 72.6. The van der Waals surface area contributed by atoms with Crippen LogP contribution in [0.25, 0.3) is 219 Å². The van der Waals surface area contributed by atoms with Gasteiger partial charge in [-0.3, -0.25) is 0 Å². The third kappa shape index (κ3) is 11.2. The molecule has 0 unspecified atom stereocenters. The topological polar surface area (TPSA) is 0 Å². The van der Waals surface area contributed by atoms with Gasteiger partial charge in [-0.15, -0.1) is 0 Å². The molecule has 22 aromatic carbocycles. The minimum atomic E-state index is 1.21. The minimum Gasteiger partial charge on any atom is -0.0622 e. The second kappa shape index (κ2) is 26.9. The van der Waals surface area contributed by atoms with Crippen LogP contribution in [0.1, 0.15) is 0 Å². The third-order valence-electron chi connectivity index (χ3n) is 23.0. The lowest BCUT2D eigenvalue weighted by Gasteiger charge is -2.20. The van der Waals surface area contributed by atoms with E-state index in [0.717, 1.165) is 0 Å². The molecule has 0 heteroatoms. The van der Waals surface area contributed by atoms with E-state index >= 15 is 0 Å². The Morgan fingerprint density at radius 2 is 0.364 bits per heavy atom. The van der Waals surface area contributed by atoms with E-state index in [1.165, 1.54) is 219 Å². The predicted molar refractivity (Wildman–Crippen MR) is 474 cm³/mol. The molecule has 0 aromatic heterocycles. The first-order valence-electron chi connectivity index (χ1n) is 38.2. The zero-order valence-corrected chi connectivity index (χ0v) is 60.4. The Morgan fingerprint density at radius 1 is 0.0909 bits per heavy atom. The Labute approximate surface area is 639 Å². The van der Waals surface area contributed by atoms with Crippen LogP contribution in [-0.2, 0) is 0 Å². The molecular formula is C110H70. The molecule has 510 valence electrons. The number of hydrogen-bond acceptors (Lipinski definition) is 0. The van der Waals surface area contributed by atoms with E-state index in [1.807, 2.05) is 0 Å². The maximum atomic E-state index is 2.40. The van der Waals surface area contributed by atoms with Crippen molar-refractivity contribution in [1.29, 1.82) is 0 Å². The summed E-state index contributed by atoms with van der Waals surface area (Å²) in [5.41, 5.74) is 22.4. The molecule has 0 N–H and O–H groups in total. The summed E-state index contributed by atoms with van der Waals surface area (Å²) in [6.07, 6.45) is 0. The van der Waals surface area contributed by atoms with E-state index in [0.29, 0.717) is 0 Å². The molecule has 22 rings (SSSR count). The fourth-order valence-corrected chi connectivity index (χ4v) is 17.9. The van der Waals surface area contributed by atoms with Crippen molar-refractivity contribution in [2.24, 2.45) is 0 Å². The van der Waals surface area contributed by atoms with Crippen molar-refractivity contribution < 1.29 is 0 Å². The largest absolute Gasteiger partial charge is 0.0622 e. The van der Waals surface area contributed by atoms with Gasteiger partial charge in [0.05, 0.1) is 0 Å². The maximum Gasteiger partial charge on any atom is -0.00199 e. The SMILES string of the molecule is c1ccc(-c2cc(-c3ccccc3)cc(-c3ccc4ccc(-c5c6ccccc6c(-c6cc7ccccc7c7ccccc67)c6ccccc56)cc4c3)c2)cc1.c1ccc2c(-c3ccc(-c4ccc5ccc(-c6c7ccccc7c(-c7cc8ccccc8c8ccccc78)c7ccccc67)cc5c4)cc3)cccc2c1. The van der Waals surface area contributed by atoms with Crippen molar-refractivity contribution in [1.82, 2.24) is 0 Å². The highest BCUT2D eigenvalue weighted by atomic mass is 14.3. The minimum absolute atomic E-state index is 1.21. The zero-order valence-electron chi connectivity index (χ0n) is 60.4. The lowest BCUT2D eigenvalue weighted by atomic mass is 9.83. The molecule has 0 bridgehead atoms. The second-order valence-corrected chi connectivity index (χ2v) is 29.3. The number of benzene rings is 22. The number of rotatable bonds is 9. The van der Waals surface area contributed by atoms with Gasteiger partial charge >= 0.3 is 0 Å². The number of hydrogen-bond donors (Lipinski definition) is 0. The molecule has 22 aromatic rings. The molecule has 0 nitrogen and oxygen atoms in total. The molecule has 0 aliphatic heterocycles. The first-order valence-corrected chi connectivity index (χ1v) is 38.2. The molecule has 0 aliphatic rings. The first kappa shape index (κ1) is 64.1. The summed E-state index contributed by atoms with van der Waals surface area (Å²) in [4.78, 5) is 0. The monoisotopic (exact) mass is 1390 g/mol. The molecule has 0 aliphatic carbocycles. The summed E-state index contributed by atoms with van der Waals surface area (Å²) in [6, 6.07) is 156. The van der Waals surface area contributed by atoms with Crippen LogP contribution in [0.2, 0.25) is 0 Å². The van der Waals surface area contributed by atoms with Gasteiger partial charge < -0.3 is 0 Å².